The maximum Gasteiger partial charge on any atom is 0.293 e. The summed E-state index contributed by atoms with van der Waals surface area (Å²) >= 11 is 0.954. The Labute approximate surface area is 152 Å². The summed E-state index contributed by atoms with van der Waals surface area (Å²) in [5.41, 5.74) is 0.786. The fourth-order valence-electron chi connectivity index (χ4n) is 2.37. The van der Waals surface area contributed by atoms with Crippen LogP contribution in [0, 0.1) is 0 Å². The molecule has 1 aliphatic rings. The normalized spacial score (nSPS) is 16.0. The summed E-state index contributed by atoms with van der Waals surface area (Å²) < 4.78 is 16.1. The first-order chi connectivity index (χ1) is 12.1. The number of nitrogens with zero attached hydrogens (tertiary/aromatic N) is 1. The second-order valence-corrected chi connectivity index (χ2v) is 6.25. The molecular formula is C18H23NO5S. The summed E-state index contributed by atoms with van der Waals surface area (Å²) in [6.45, 7) is 5.73. The van der Waals surface area contributed by atoms with Crippen LogP contribution in [0.2, 0.25) is 0 Å². The lowest BCUT2D eigenvalue weighted by molar-refractivity contribution is -0.122. The fraction of sp³-hybridized carbons (Fsp3) is 0.444. The van der Waals surface area contributed by atoms with Gasteiger partial charge in [0.2, 0.25) is 0 Å². The Kier molecular flexibility index (Phi) is 7.33. The largest absolute Gasteiger partial charge is 0.490 e. The van der Waals surface area contributed by atoms with E-state index in [9.17, 15) is 9.59 Å². The van der Waals surface area contributed by atoms with E-state index in [1.165, 1.54) is 4.90 Å². The predicted octanol–water partition coefficient (Wildman–Crippen LogP) is 3.56. The molecule has 0 atom stereocenters. The van der Waals surface area contributed by atoms with Crippen molar-refractivity contribution in [2.75, 3.05) is 33.5 Å². The molecule has 0 N–H and O–H groups in total. The summed E-state index contributed by atoms with van der Waals surface area (Å²) in [7, 11) is 1.59. The van der Waals surface area contributed by atoms with Crippen molar-refractivity contribution in [3.8, 4) is 11.5 Å². The highest BCUT2D eigenvalue weighted by atomic mass is 32.2. The van der Waals surface area contributed by atoms with Crippen LogP contribution in [0.3, 0.4) is 0 Å². The lowest BCUT2D eigenvalue weighted by atomic mass is 10.2. The van der Waals surface area contributed by atoms with Crippen molar-refractivity contribution in [1.29, 1.82) is 0 Å². The van der Waals surface area contributed by atoms with E-state index in [0.717, 1.165) is 17.3 Å². The number of imide groups is 1. The van der Waals surface area contributed by atoms with Gasteiger partial charge in [-0.15, -0.1) is 0 Å². The summed E-state index contributed by atoms with van der Waals surface area (Å²) in [5, 5.41) is -0.247. The molecule has 0 unspecified atom stereocenters. The van der Waals surface area contributed by atoms with E-state index < -0.39 is 0 Å². The first-order valence-corrected chi connectivity index (χ1v) is 9.06. The van der Waals surface area contributed by atoms with Crippen molar-refractivity contribution in [3.63, 3.8) is 0 Å². The summed E-state index contributed by atoms with van der Waals surface area (Å²) in [6, 6.07) is 5.46. The molecule has 1 saturated heterocycles. The lowest BCUT2D eigenvalue weighted by Crippen LogP contribution is -2.29. The SMILES string of the molecule is CCOc1ccc(/C=C2/SC(=O)N(CCCOC)C2=O)cc1OCC. The molecule has 1 fully saturated rings. The van der Waals surface area contributed by atoms with E-state index in [1.54, 1.807) is 13.2 Å². The molecule has 0 bridgehead atoms. The quantitative estimate of drug-likeness (QED) is 0.492. The van der Waals surface area contributed by atoms with E-state index in [2.05, 4.69) is 0 Å². The first-order valence-electron chi connectivity index (χ1n) is 8.24. The lowest BCUT2D eigenvalue weighted by Gasteiger charge is -2.12. The summed E-state index contributed by atoms with van der Waals surface area (Å²) in [6.07, 6.45) is 2.33. The standard InChI is InChI=1S/C18H23NO5S/c1-4-23-14-8-7-13(11-15(14)24-5-2)12-16-17(20)19(18(21)25-16)9-6-10-22-3/h7-8,11-12H,4-6,9-10H2,1-3H3/b16-12+. The van der Waals surface area contributed by atoms with Gasteiger partial charge in [-0.25, -0.2) is 0 Å². The molecule has 1 aromatic carbocycles. The molecule has 1 heterocycles. The smallest absolute Gasteiger partial charge is 0.293 e. The van der Waals surface area contributed by atoms with Gasteiger partial charge >= 0.3 is 0 Å². The molecule has 0 spiro atoms. The fourth-order valence-corrected chi connectivity index (χ4v) is 3.23. The van der Waals surface area contributed by atoms with Crippen LogP contribution in [-0.2, 0) is 9.53 Å². The maximum absolute atomic E-state index is 12.4. The maximum atomic E-state index is 12.4. The predicted molar refractivity (Wildman–Crippen MR) is 98.0 cm³/mol. The molecule has 0 aromatic heterocycles. The van der Waals surface area contributed by atoms with Gasteiger partial charge in [-0.05, 0) is 55.8 Å². The Morgan fingerprint density at radius 2 is 1.84 bits per heavy atom. The van der Waals surface area contributed by atoms with Crippen LogP contribution in [0.25, 0.3) is 6.08 Å². The topological polar surface area (TPSA) is 65.1 Å². The van der Waals surface area contributed by atoms with Gasteiger partial charge in [0.15, 0.2) is 11.5 Å². The Balaban J connectivity index is 2.18. The number of hydrogen-bond donors (Lipinski definition) is 0. The molecule has 7 heteroatoms. The number of rotatable bonds is 9. The van der Waals surface area contributed by atoms with Crippen molar-refractivity contribution in [2.24, 2.45) is 0 Å². The molecule has 136 valence electrons. The Morgan fingerprint density at radius 1 is 1.12 bits per heavy atom. The molecule has 6 nitrogen and oxygen atoms in total. The van der Waals surface area contributed by atoms with E-state index in [1.807, 2.05) is 32.0 Å². The number of carbonyl (C=O) groups excluding carboxylic acids is 2. The molecule has 0 radical (unpaired) electrons. The molecular weight excluding hydrogens is 342 g/mol. The summed E-state index contributed by atoms with van der Waals surface area (Å²) in [4.78, 5) is 26.1. The van der Waals surface area contributed by atoms with Gasteiger partial charge in [0, 0.05) is 20.3 Å². The number of ether oxygens (including phenoxy) is 3. The highest BCUT2D eigenvalue weighted by Crippen LogP contribution is 2.34. The van der Waals surface area contributed by atoms with Gasteiger partial charge in [-0.3, -0.25) is 14.5 Å². The van der Waals surface area contributed by atoms with E-state index in [4.69, 9.17) is 14.2 Å². The van der Waals surface area contributed by atoms with Crippen molar-refractivity contribution in [2.45, 2.75) is 20.3 Å². The van der Waals surface area contributed by atoms with E-state index in [0.29, 0.717) is 49.2 Å². The van der Waals surface area contributed by atoms with Crippen LogP contribution in [0.15, 0.2) is 23.1 Å². The highest BCUT2D eigenvalue weighted by Gasteiger charge is 2.34. The van der Waals surface area contributed by atoms with E-state index in [-0.39, 0.29) is 11.1 Å². The number of methoxy groups -OCH3 is 1. The molecule has 1 aromatic rings. The minimum Gasteiger partial charge on any atom is -0.490 e. The molecule has 0 saturated carbocycles. The number of benzene rings is 1. The minimum absolute atomic E-state index is 0.247. The second kappa shape index (κ2) is 9.48. The first kappa shape index (κ1) is 19.3. The van der Waals surface area contributed by atoms with Crippen molar-refractivity contribution >= 4 is 29.0 Å². The Morgan fingerprint density at radius 3 is 2.52 bits per heavy atom. The van der Waals surface area contributed by atoms with Gasteiger partial charge in [-0.2, -0.15) is 0 Å². The van der Waals surface area contributed by atoms with Gasteiger partial charge in [-0.1, -0.05) is 6.07 Å². The van der Waals surface area contributed by atoms with Crippen molar-refractivity contribution in [3.05, 3.63) is 28.7 Å². The monoisotopic (exact) mass is 365 g/mol. The van der Waals surface area contributed by atoms with Gasteiger partial charge in [0.25, 0.3) is 11.1 Å². The molecule has 1 aliphatic heterocycles. The number of amides is 2. The van der Waals surface area contributed by atoms with Gasteiger partial charge in [0.1, 0.15) is 0 Å². The van der Waals surface area contributed by atoms with Crippen LogP contribution in [0.1, 0.15) is 25.8 Å². The molecule has 25 heavy (non-hydrogen) atoms. The van der Waals surface area contributed by atoms with Crippen molar-refractivity contribution in [1.82, 2.24) is 4.90 Å². The third-order valence-corrected chi connectivity index (χ3v) is 4.38. The number of carbonyl (C=O) groups is 2. The number of hydrogen-bond acceptors (Lipinski definition) is 6. The molecule has 2 rings (SSSR count). The zero-order valence-electron chi connectivity index (χ0n) is 14.7. The number of thioether (sulfide) groups is 1. The zero-order chi connectivity index (χ0) is 18.2. The molecule has 2 amide bonds. The molecule has 0 aliphatic carbocycles. The Hall–Kier alpha value is -1.99. The van der Waals surface area contributed by atoms with Crippen molar-refractivity contribution < 1.29 is 23.8 Å². The van der Waals surface area contributed by atoms with Crippen LogP contribution in [0.4, 0.5) is 4.79 Å². The minimum atomic E-state index is -0.266. The van der Waals surface area contributed by atoms with Crippen LogP contribution in [-0.4, -0.2) is 49.5 Å². The van der Waals surface area contributed by atoms with E-state index >= 15 is 0 Å². The third kappa shape index (κ3) is 4.99. The van der Waals surface area contributed by atoms with Crippen LogP contribution in [0.5, 0.6) is 11.5 Å². The third-order valence-electron chi connectivity index (χ3n) is 3.47. The highest BCUT2D eigenvalue weighted by molar-refractivity contribution is 8.18. The van der Waals surface area contributed by atoms with Crippen LogP contribution < -0.4 is 9.47 Å². The second-order valence-electron chi connectivity index (χ2n) is 5.25. The summed E-state index contributed by atoms with van der Waals surface area (Å²) in [5.74, 6) is 1.02. The van der Waals surface area contributed by atoms with Crippen LogP contribution >= 0.6 is 11.8 Å². The average molecular weight is 365 g/mol. The van der Waals surface area contributed by atoms with Gasteiger partial charge in [0.05, 0.1) is 18.1 Å². The zero-order valence-corrected chi connectivity index (χ0v) is 15.6. The average Bonchev–Trinajstić information content (AvgIpc) is 2.85. The Bertz CT molecular complexity index is 659. The van der Waals surface area contributed by atoms with Gasteiger partial charge < -0.3 is 14.2 Å².